The number of nitrogen functional groups attached to an aromatic ring is 1. The van der Waals surface area contributed by atoms with Crippen molar-refractivity contribution in [3.05, 3.63) is 46.9 Å². The lowest BCUT2D eigenvalue weighted by Crippen LogP contribution is -1.98. The summed E-state index contributed by atoms with van der Waals surface area (Å²) in [5, 5.41) is 0. The zero-order valence-electron chi connectivity index (χ0n) is 14.9. The fourth-order valence-corrected chi connectivity index (χ4v) is 3.80. The molecule has 0 bridgehead atoms. The normalized spacial score (nSPS) is 11.2. The van der Waals surface area contributed by atoms with Gasteiger partial charge in [0.1, 0.15) is 24.2 Å². The minimum atomic E-state index is 0.427. The molecule has 0 fully saturated rings. The SMILES string of the molecule is CCOCc1nc2c(N)nc(C)c(SCCc3ccc(C=O)cc3)c2[nH]1. The first-order valence-corrected chi connectivity index (χ1v) is 9.50. The van der Waals surface area contributed by atoms with Gasteiger partial charge in [0.25, 0.3) is 0 Å². The summed E-state index contributed by atoms with van der Waals surface area (Å²) < 4.78 is 5.43. The average molecular weight is 370 g/mol. The number of pyridine rings is 1. The lowest BCUT2D eigenvalue weighted by molar-refractivity contribution is 0.112. The van der Waals surface area contributed by atoms with Crippen molar-refractivity contribution in [3.8, 4) is 0 Å². The second-order valence-corrected chi connectivity index (χ2v) is 7.02. The van der Waals surface area contributed by atoms with Gasteiger partial charge in [0.2, 0.25) is 0 Å². The maximum absolute atomic E-state index is 10.7. The summed E-state index contributed by atoms with van der Waals surface area (Å²) in [6.07, 6.45) is 1.76. The Morgan fingerprint density at radius 2 is 2.04 bits per heavy atom. The first-order valence-electron chi connectivity index (χ1n) is 8.51. The smallest absolute Gasteiger partial charge is 0.151 e. The number of nitrogens with zero attached hydrogens (tertiary/aromatic N) is 2. The van der Waals surface area contributed by atoms with Gasteiger partial charge in [-0.1, -0.05) is 24.3 Å². The van der Waals surface area contributed by atoms with Gasteiger partial charge < -0.3 is 15.5 Å². The molecular formula is C19H22N4O2S. The van der Waals surface area contributed by atoms with Crippen molar-refractivity contribution in [3.63, 3.8) is 0 Å². The number of anilines is 1. The van der Waals surface area contributed by atoms with Gasteiger partial charge in [-0.25, -0.2) is 9.97 Å². The highest BCUT2D eigenvalue weighted by atomic mass is 32.2. The third-order valence-electron chi connectivity index (χ3n) is 4.04. The predicted octanol–water partition coefficient (Wildman–Crippen LogP) is 3.53. The number of fused-ring (bicyclic) bond motifs is 1. The molecule has 0 amide bonds. The summed E-state index contributed by atoms with van der Waals surface area (Å²) >= 11 is 1.73. The number of hydrogen-bond donors (Lipinski definition) is 2. The molecule has 0 spiro atoms. The summed E-state index contributed by atoms with van der Waals surface area (Å²) in [6, 6.07) is 7.67. The van der Waals surface area contributed by atoms with E-state index < -0.39 is 0 Å². The average Bonchev–Trinajstić information content (AvgIpc) is 3.08. The Balaban J connectivity index is 1.77. The number of H-pyrrole nitrogens is 1. The van der Waals surface area contributed by atoms with Gasteiger partial charge in [0.05, 0.1) is 16.1 Å². The number of benzene rings is 1. The van der Waals surface area contributed by atoms with Crippen LogP contribution in [0.3, 0.4) is 0 Å². The highest BCUT2D eigenvalue weighted by Crippen LogP contribution is 2.32. The summed E-state index contributed by atoms with van der Waals surface area (Å²) in [5.74, 6) is 2.08. The number of ether oxygens (including phenoxy) is 1. The van der Waals surface area contributed by atoms with Crippen LogP contribution < -0.4 is 5.73 Å². The molecule has 3 rings (SSSR count). The topological polar surface area (TPSA) is 93.9 Å². The summed E-state index contributed by atoms with van der Waals surface area (Å²) in [4.78, 5) is 24.1. The van der Waals surface area contributed by atoms with Crippen LogP contribution in [0.2, 0.25) is 0 Å². The molecule has 3 N–H and O–H groups in total. The maximum Gasteiger partial charge on any atom is 0.151 e. The van der Waals surface area contributed by atoms with Crippen molar-refractivity contribution < 1.29 is 9.53 Å². The van der Waals surface area contributed by atoms with Crippen molar-refractivity contribution in [2.45, 2.75) is 31.8 Å². The van der Waals surface area contributed by atoms with Crippen molar-refractivity contribution in [1.29, 1.82) is 0 Å². The van der Waals surface area contributed by atoms with Crippen LogP contribution >= 0.6 is 11.8 Å². The Bertz CT molecular complexity index is 906. The number of rotatable bonds is 8. The van der Waals surface area contributed by atoms with Crippen LogP contribution in [0.25, 0.3) is 11.0 Å². The van der Waals surface area contributed by atoms with Gasteiger partial charge in [-0.3, -0.25) is 4.79 Å². The largest absolute Gasteiger partial charge is 0.382 e. The molecule has 0 aliphatic rings. The molecule has 2 aromatic heterocycles. The Hall–Kier alpha value is -2.38. The van der Waals surface area contributed by atoms with Crippen LogP contribution in [-0.2, 0) is 17.8 Å². The molecule has 0 atom stereocenters. The number of aldehydes is 1. The molecule has 7 heteroatoms. The maximum atomic E-state index is 10.7. The third kappa shape index (κ3) is 4.05. The van der Waals surface area contributed by atoms with Crippen molar-refractivity contribution in [2.24, 2.45) is 0 Å². The number of hydrogen-bond acceptors (Lipinski definition) is 6. The minimum Gasteiger partial charge on any atom is -0.382 e. The van der Waals surface area contributed by atoms with E-state index in [1.165, 1.54) is 5.56 Å². The van der Waals surface area contributed by atoms with Crippen LogP contribution in [0, 0.1) is 6.92 Å². The Morgan fingerprint density at radius 3 is 2.73 bits per heavy atom. The number of thioether (sulfide) groups is 1. The number of carbonyl (C=O) groups excluding carboxylic acids is 1. The molecular weight excluding hydrogens is 348 g/mol. The van der Waals surface area contributed by atoms with E-state index in [9.17, 15) is 4.79 Å². The van der Waals surface area contributed by atoms with E-state index in [0.29, 0.717) is 30.1 Å². The Morgan fingerprint density at radius 1 is 1.27 bits per heavy atom. The molecule has 0 saturated carbocycles. The number of aromatic nitrogens is 3. The molecule has 0 unspecified atom stereocenters. The van der Waals surface area contributed by atoms with Crippen LogP contribution in [0.4, 0.5) is 5.82 Å². The minimum absolute atomic E-state index is 0.427. The quantitative estimate of drug-likeness (QED) is 0.465. The lowest BCUT2D eigenvalue weighted by atomic mass is 10.1. The highest BCUT2D eigenvalue weighted by molar-refractivity contribution is 7.99. The van der Waals surface area contributed by atoms with Gasteiger partial charge in [-0.15, -0.1) is 11.8 Å². The summed E-state index contributed by atoms with van der Waals surface area (Å²) in [5.41, 5.74) is 10.4. The molecule has 0 saturated heterocycles. The van der Waals surface area contributed by atoms with E-state index in [0.717, 1.165) is 40.4 Å². The van der Waals surface area contributed by atoms with E-state index >= 15 is 0 Å². The van der Waals surface area contributed by atoms with Crippen molar-refractivity contribution in [2.75, 3.05) is 18.1 Å². The van der Waals surface area contributed by atoms with E-state index in [4.69, 9.17) is 10.5 Å². The number of aryl methyl sites for hydroxylation is 2. The molecule has 0 radical (unpaired) electrons. The molecule has 6 nitrogen and oxygen atoms in total. The van der Waals surface area contributed by atoms with Crippen LogP contribution in [-0.4, -0.2) is 33.6 Å². The number of imidazole rings is 1. The van der Waals surface area contributed by atoms with E-state index in [1.54, 1.807) is 11.8 Å². The van der Waals surface area contributed by atoms with E-state index in [2.05, 4.69) is 15.0 Å². The summed E-state index contributed by atoms with van der Waals surface area (Å²) in [7, 11) is 0. The zero-order valence-corrected chi connectivity index (χ0v) is 15.7. The Kier molecular flexibility index (Phi) is 5.90. The summed E-state index contributed by atoms with van der Waals surface area (Å²) in [6.45, 7) is 4.97. The molecule has 0 aliphatic heterocycles. The number of aromatic amines is 1. The second-order valence-electron chi connectivity index (χ2n) is 5.91. The second kappa shape index (κ2) is 8.33. The standard InChI is InChI=1S/C19H22N4O2S/c1-3-25-11-15-22-16-17(23-15)19(20)21-12(2)18(16)26-9-8-13-4-6-14(10-24)7-5-13/h4-7,10H,3,8-9,11H2,1-2H3,(H2,20,21)(H,22,23). The Labute approximate surface area is 156 Å². The molecule has 136 valence electrons. The highest BCUT2D eigenvalue weighted by Gasteiger charge is 2.15. The van der Waals surface area contributed by atoms with Gasteiger partial charge in [0.15, 0.2) is 5.82 Å². The fraction of sp³-hybridized carbons (Fsp3) is 0.316. The van der Waals surface area contributed by atoms with Gasteiger partial charge in [0, 0.05) is 17.9 Å². The van der Waals surface area contributed by atoms with Crippen molar-refractivity contribution >= 4 is 34.9 Å². The first kappa shape index (κ1) is 18.4. The lowest BCUT2D eigenvalue weighted by Gasteiger charge is -2.08. The van der Waals surface area contributed by atoms with Gasteiger partial charge in [-0.2, -0.15) is 0 Å². The number of nitrogens with two attached hydrogens (primary N) is 1. The molecule has 3 aromatic rings. The number of nitrogens with one attached hydrogen (secondary N) is 1. The fourth-order valence-electron chi connectivity index (χ4n) is 2.71. The molecule has 0 aliphatic carbocycles. The number of carbonyl (C=O) groups is 1. The zero-order chi connectivity index (χ0) is 18.5. The van der Waals surface area contributed by atoms with Crippen molar-refractivity contribution in [1.82, 2.24) is 15.0 Å². The monoisotopic (exact) mass is 370 g/mol. The molecule has 26 heavy (non-hydrogen) atoms. The van der Waals surface area contributed by atoms with E-state index in [1.807, 2.05) is 38.1 Å². The molecule has 1 aromatic carbocycles. The van der Waals surface area contributed by atoms with Crippen LogP contribution in [0.15, 0.2) is 29.2 Å². The van der Waals surface area contributed by atoms with Gasteiger partial charge >= 0.3 is 0 Å². The van der Waals surface area contributed by atoms with Gasteiger partial charge in [-0.05, 0) is 25.8 Å². The molecule has 2 heterocycles. The van der Waals surface area contributed by atoms with Crippen LogP contribution in [0.5, 0.6) is 0 Å². The van der Waals surface area contributed by atoms with E-state index in [-0.39, 0.29) is 0 Å². The van der Waals surface area contributed by atoms with Crippen LogP contribution in [0.1, 0.15) is 34.4 Å². The third-order valence-corrected chi connectivity index (χ3v) is 5.23. The predicted molar refractivity (Wildman–Crippen MR) is 105 cm³/mol. The first-order chi connectivity index (χ1) is 12.6.